The molecule has 18 heavy (non-hydrogen) atoms. The zero-order valence-corrected chi connectivity index (χ0v) is 9.59. The Morgan fingerprint density at radius 3 is 2.61 bits per heavy atom. The second-order valence-corrected chi connectivity index (χ2v) is 4.38. The number of anilines is 1. The van der Waals surface area contributed by atoms with Crippen LogP contribution in [0.15, 0.2) is 12.1 Å². The SMILES string of the molecule is N#Cc1ccc(C(F)(F)F)nc1NCC1CCC1. The van der Waals surface area contributed by atoms with E-state index in [0.717, 1.165) is 31.4 Å². The van der Waals surface area contributed by atoms with E-state index in [0.29, 0.717) is 12.5 Å². The van der Waals surface area contributed by atoms with Gasteiger partial charge in [0, 0.05) is 6.54 Å². The number of nitrogens with zero attached hydrogens (tertiary/aromatic N) is 2. The van der Waals surface area contributed by atoms with Crippen molar-refractivity contribution < 1.29 is 13.2 Å². The van der Waals surface area contributed by atoms with Crippen LogP contribution >= 0.6 is 0 Å². The first-order chi connectivity index (χ1) is 8.50. The topological polar surface area (TPSA) is 48.7 Å². The second kappa shape index (κ2) is 4.84. The van der Waals surface area contributed by atoms with Crippen molar-refractivity contribution in [3.8, 4) is 6.07 Å². The number of nitriles is 1. The van der Waals surface area contributed by atoms with Gasteiger partial charge in [-0.25, -0.2) is 4.98 Å². The first-order valence-electron chi connectivity index (χ1n) is 5.73. The van der Waals surface area contributed by atoms with Crippen LogP contribution in [0.25, 0.3) is 0 Å². The summed E-state index contributed by atoms with van der Waals surface area (Å²) in [7, 11) is 0. The number of hydrogen-bond acceptors (Lipinski definition) is 3. The maximum Gasteiger partial charge on any atom is 0.433 e. The fourth-order valence-electron chi connectivity index (χ4n) is 1.78. The molecule has 1 aromatic rings. The Balaban J connectivity index is 2.17. The second-order valence-electron chi connectivity index (χ2n) is 4.38. The Morgan fingerprint density at radius 2 is 2.11 bits per heavy atom. The first-order valence-corrected chi connectivity index (χ1v) is 5.73. The summed E-state index contributed by atoms with van der Waals surface area (Å²) in [5.74, 6) is 0.507. The molecule has 0 bridgehead atoms. The standard InChI is InChI=1S/C12H12F3N3/c13-12(14,15)10-5-4-9(6-16)11(18-10)17-7-8-2-1-3-8/h4-5,8H,1-3,7H2,(H,17,18). The van der Waals surface area contributed by atoms with Gasteiger partial charge in [0.2, 0.25) is 0 Å². The molecule has 0 atom stereocenters. The molecule has 3 nitrogen and oxygen atoms in total. The fourth-order valence-corrected chi connectivity index (χ4v) is 1.78. The molecule has 1 fully saturated rings. The Bertz CT molecular complexity index is 472. The van der Waals surface area contributed by atoms with E-state index in [4.69, 9.17) is 5.26 Å². The lowest BCUT2D eigenvalue weighted by atomic mass is 9.85. The van der Waals surface area contributed by atoms with Crippen molar-refractivity contribution >= 4 is 5.82 Å². The minimum Gasteiger partial charge on any atom is -0.369 e. The number of pyridine rings is 1. The van der Waals surface area contributed by atoms with Crippen LogP contribution in [-0.4, -0.2) is 11.5 Å². The summed E-state index contributed by atoms with van der Waals surface area (Å²) in [6.45, 7) is 0.572. The highest BCUT2D eigenvalue weighted by atomic mass is 19.4. The molecule has 96 valence electrons. The first kappa shape index (κ1) is 12.7. The molecule has 2 rings (SSSR count). The number of rotatable bonds is 3. The normalized spacial score (nSPS) is 15.9. The molecule has 1 saturated carbocycles. The Hall–Kier alpha value is -1.77. The minimum atomic E-state index is -4.49. The monoisotopic (exact) mass is 255 g/mol. The third-order valence-electron chi connectivity index (χ3n) is 3.09. The molecular weight excluding hydrogens is 243 g/mol. The van der Waals surface area contributed by atoms with E-state index in [9.17, 15) is 13.2 Å². The van der Waals surface area contributed by atoms with Gasteiger partial charge in [-0.3, -0.25) is 0 Å². The Kier molecular flexibility index (Phi) is 3.41. The van der Waals surface area contributed by atoms with Crippen LogP contribution < -0.4 is 5.32 Å². The molecule has 1 aromatic heterocycles. The molecule has 0 amide bonds. The summed E-state index contributed by atoms with van der Waals surface area (Å²) >= 11 is 0. The number of aromatic nitrogens is 1. The molecule has 1 heterocycles. The predicted molar refractivity (Wildman–Crippen MR) is 59.8 cm³/mol. The third kappa shape index (κ3) is 2.73. The van der Waals surface area contributed by atoms with Crippen molar-refractivity contribution in [1.29, 1.82) is 5.26 Å². The lowest BCUT2D eigenvalue weighted by molar-refractivity contribution is -0.141. The van der Waals surface area contributed by atoms with E-state index in [1.807, 2.05) is 6.07 Å². The highest BCUT2D eigenvalue weighted by Gasteiger charge is 2.33. The maximum absolute atomic E-state index is 12.5. The van der Waals surface area contributed by atoms with Gasteiger partial charge >= 0.3 is 6.18 Å². The van der Waals surface area contributed by atoms with Gasteiger partial charge in [0.15, 0.2) is 0 Å². The highest BCUT2D eigenvalue weighted by Crippen LogP contribution is 2.30. The van der Waals surface area contributed by atoms with Crippen molar-refractivity contribution in [2.24, 2.45) is 5.92 Å². The predicted octanol–water partition coefficient (Wildman–Crippen LogP) is 3.18. The van der Waals surface area contributed by atoms with Crippen molar-refractivity contribution in [3.05, 3.63) is 23.4 Å². The van der Waals surface area contributed by atoms with Crippen LogP contribution in [0.3, 0.4) is 0 Å². The van der Waals surface area contributed by atoms with Crippen LogP contribution in [0, 0.1) is 17.2 Å². The van der Waals surface area contributed by atoms with Gasteiger partial charge in [0.25, 0.3) is 0 Å². The average Bonchev–Trinajstić information content (AvgIpc) is 2.25. The summed E-state index contributed by atoms with van der Waals surface area (Å²) in [6, 6.07) is 3.82. The van der Waals surface area contributed by atoms with Crippen LogP contribution in [-0.2, 0) is 6.18 Å². The van der Waals surface area contributed by atoms with Crippen LogP contribution in [0.4, 0.5) is 19.0 Å². The summed E-state index contributed by atoms with van der Waals surface area (Å²) in [4.78, 5) is 3.49. The van der Waals surface area contributed by atoms with Crippen molar-refractivity contribution in [1.82, 2.24) is 4.98 Å². The fraction of sp³-hybridized carbons (Fsp3) is 0.500. The van der Waals surface area contributed by atoms with Gasteiger partial charge in [-0.1, -0.05) is 6.42 Å². The van der Waals surface area contributed by atoms with E-state index >= 15 is 0 Å². The smallest absolute Gasteiger partial charge is 0.369 e. The number of halogens is 3. The van der Waals surface area contributed by atoms with Gasteiger partial charge in [0.05, 0.1) is 5.56 Å². The van der Waals surface area contributed by atoms with Gasteiger partial charge in [0.1, 0.15) is 17.6 Å². The van der Waals surface area contributed by atoms with Crippen LogP contribution in [0.5, 0.6) is 0 Å². The molecule has 0 radical (unpaired) electrons. The van der Waals surface area contributed by atoms with E-state index < -0.39 is 11.9 Å². The average molecular weight is 255 g/mol. The molecule has 0 unspecified atom stereocenters. The van der Waals surface area contributed by atoms with Crippen molar-refractivity contribution in [3.63, 3.8) is 0 Å². The zero-order chi connectivity index (χ0) is 13.2. The molecule has 1 aliphatic rings. The molecule has 0 aromatic carbocycles. The molecule has 0 spiro atoms. The third-order valence-corrected chi connectivity index (χ3v) is 3.09. The number of nitrogens with one attached hydrogen (secondary N) is 1. The Morgan fingerprint density at radius 1 is 1.39 bits per heavy atom. The van der Waals surface area contributed by atoms with Gasteiger partial charge in [-0.15, -0.1) is 0 Å². The van der Waals surface area contributed by atoms with Gasteiger partial charge in [-0.05, 0) is 30.9 Å². The van der Waals surface area contributed by atoms with Gasteiger partial charge in [-0.2, -0.15) is 18.4 Å². The maximum atomic E-state index is 12.5. The number of alkyl halides is 3. The molecule has 1 N–H and O–H groups in total. The van der Waals surface area contributed by atoms with E-state index in [2.05, 4.69) is 10.3 Å². The van der Waals surface area contributed by atoms with Crippen molar-refractivity contribution in [2.75, 3.05) is 11.9 Å². The van der Waals surface area contributed by atoms with E-state index in [-0.39, 0.29) is 11.4 Å². The summed E-state index contributed by atoms with van der Waals surface area (Å²) < 4.78 is 37.5. The van der Waals surface area contributed by atoms with Crippen LogP contribution in [0.2, 0.25) is 0 Å². The minimum absolute atomic E-state index is 0.0271. The van der Waals surface area contributed by atoms with E-state index in [1.165, 1.54) is 0 Å². The summed E-state index contributed by atoms with van der Waals surface area (Å²) in [5, 5.41) is 11.7. The van der Waals surface area contributed by atoms with Crippen molar-refractivity contribution in [2.45, 2.75) is 25.4 Å². The molecule has 0 aliphatic heterocycles. The van der Waals surface area contributed by atoms with Gasteiger partial charge < -0.3 is 5.32 Å². The molecular formula is C12H12F3N3. The lowest BCUT2D eigenvalue weighted by Gasteiger charge is -2.25. The zero-order valence-electron chi connectivity index (χ0n) is 9.59. The molecule has 1 aliphatic carbocycles. The van der Waals surface area contributed by atoms with Crippen LogP contribution in [0.1, 0.15) is 30.5 Å². The van der Waals surface area contributed by atoms with E-state index in [1.54, 1.807) is 0 Å². The lowest BCUT2D eigenvalue weighted by Crippen LogP contribution is -2.22. The summed E-state index contributed by atoms with van der Waals surface area (Å²) in [6.07, 6.45) is -1.17. The summed E-state index contributed by atoms with van der Waals surface area (Å²) in [5.41, 5.74) is -0.833. The molecule has 0 saturated heterocycles. The number of hydrogen-bond donors (Lipinski definition) is 1. The quantitative estimate of drug-likeness (QED) is 0.902. The Labute approximate surface area is 103 Å². The largest absolute Gasteiger partial charge is 0.433 e. The molecule has 6 heteroatoms. The highest BCUT2D eigenvalue weighted by molar-refractivity contribution is 5.52.